The van der Waals surface area contributed by atoms with Gasteiger partial charge in [-0.05, 0) is 13.8 Å². The Kier molecular flexibility index (Phi) is 6.54. The largest absolute Gasteiger partial charge is 0.381 e. The molecule has 2 N–H and O–H groups in total. The van der Waals surface area contributed by atoms with Crippen LogP contribution in [0.1, 0.15) is 20.3 Å². The second kappa shape index (κ2) is 6.86. The highest BCUT2D eigenvalue weighted by molar-refractivity contribution is 5.76. The number of carbonyl (C=O) groups excluding carboxylic acids is 1. The van der Waals surface area contributed by atoms with E-state index in [-0.39, 0.29) is 11.9 Å². The first kappa shape index (κ1) is 12.4. The number of hydrogen-bond donors (Lipinski definition) is 1. The summed E-state index contributed by atoms with van der Waals surface area (Å²) in [5, 5.41) is 0. The van der Waals surface area contributed by atoms with Crippen LogP contribution in [-0.2, 0) is 9.53 Å². The van der Waals surface area contributed by atoms with Crippen LogP contribution in [0.3, 0.4) is 0 Å². The first-order valence-electron chi connectivity index (χ1n) is 4.67. The Bertz CT molecular complexity index is 151. The minimum Gasteiger partial charge on any atom is -0.381 e. The van der Waals surface area contributed by atoms with Crippen LogP contribution in [0.2, 0.25) is 0 Å². The van der Waals surface area contributed by atoms with Gasteiger partial charge in [-0.2, -0.15) is 0 Å². The van der Waals surface area contributed by atoms with E-state index in [9.17, 15) is 4.79 Å². The van der Waals surface area contributed by atoms with Crippen LogP contribution in [0, 0.1) is 0 Å². The van der Waals surface area contributed by atoms with E-state index in [4.69, 9.17) is 10.5 Å². The Morgan fingerprint density at radius 3 is 2.69 bits per heavy atom. The maximum absolute atomic E-state index is 11.4. The number of hydrogen-bond acceptors (Lipinski definition) is 3. The maximum atomic E-state index is 11.4. The quantitative estimate of drug-likeness (QED) is 0.607. The van der Waals surface area contributed by atoms with Gasteiger partial charge in [-0.25, -0.2) is 0 Å². The van der Waals surface area contributed by atoms with E-state index < -0.39 is 0 Å². The molecule has 1 unspecified atom stereocenters. The van der Waals surface area contributed by atoms with E-state index in [1.54, 1.807) is 11.9 Å². The molecule has 78 valence electrons. The van der Waals surface area contributed by atoms with Crippen molar-refractivity contribution in [3.8, 4) is 0 Å². The van der Waals surface area contributed by atoms with Gasteiger partial charge in [-0.15, -0.1) is 0 Å². The lowest BCUT2D eigenvalue weighted by Crippen LogP contribution is -2.40. The van der Waals surface area contributed by atoms with Crippen molar-refractivity contribution in [3.05, 3.63) is 0 Å². The van der Waals surface area contributed by atoms with Crippen molar-refractivity contribution in [2.75, 3.05) is 26.8 Å². The van der Waals surface area contributed by atoms with Crippen molar-refractivity contribution in [2.45, 2.75) is 26.3 Å². The fourth-order valence-corrected chi connectivity index (χ4v) is 0.884. The molecule has 0 aliphatic carbocycles. The van der Waals surface area contributed by atoms with Crippen molar-refractivity contribution in [3.63, 3.8) is 0 Å². The van der Waals surface area contributed by atoms with Crippen molar-refractivity contribution in [1.82, 2.24) is 4.90 Å². The van der Waals surface area contributed by atoms with Crippen LogP contribution in [-0.4, -0.2) is 43.7 Å². The van der Waals surface area contributed by atoms with E-state index in [1.807, 2.05) is 13.8 Å². The van der Waals surface area contributed by atoms with Gasteiger partial charge in [0, 0.05) is 26.2 Å². The molecule has 1 atom stereocenters. The van der Waals surface area contributed by atoms with Gasteiger partial charge in [0.1, 0.15) is 0 Å². The summed E-state index contributed by atoms with van der Waals surface area (Å²) in [6, 6.07) is 0.106. The van der Waals surface area contributed by atoms with E-state index in [0.29, 0.717) is 26.2 Å². The summed E-state index contributed by atoms with van der Waals surface area (Å²) >= 11 is 0. The molecule has 1 amide bonds. The molecule has 0 heterocycles. The molecule has 0 aromatic rings. The van der Waals surface area contributed by atoms with Gasteiger partial charge < -0.3 is 15.4 Å². The second-order valence-corrected chi connectivity index (χ2v) is 3.04. The zero-order valence-corrected chi connectivity index (χ0v) is 8.75. The minimum absolute atomic E-state index is 0.0893. The molecular formula is C9H20N2O2. The van der Waals surface area contributed by atoms with Crippen molar-refractivity contribution in [2.24, 2.45) is 5.73 Å². The fraction of sp³-hybridized carbons (Fsp3) is 0.889. The lowest BCUT2D eigenvalue weighted by molar-refractivity contribution is -0.132. The fourth-order valence-electron chi connectivity index (χ4n) is 0.884. The number of likely N-dealkylation sites (N-methyl/N-ethyl adjacent to an activating group) is 1. The third-order valence-corrected chi connectivity index (χ3v) is 2.06. The predicted octanol–water partition coefficient (Wildman–Crippen LogP) is 0.219. The van der Waals surface area contributed by atoms with Gasteiger partial charge in [-0.3, -0.25) is 4.79 Å². The lowest BCUT2D eigenvalue weighted by Gasteiger charge is -2.23. The number of nitrogens with two attached hydrogens (primary N) is 1. The molecule has 0 aliphatic heterocycles. The van der Waals surface area contributed by atoms with Gasteiger partial charge in [0.05, 0.1) is 13.0 Å². The van der Waals surface area contributed by atoms with E-state index in [2.05, 4.69) is 0 Å². The third kappa shape index (κ3) is 4.85. The molecule has 0 spiro atoms. The van der Waals surface area contributed by atoms with Gasteiger partial charge >= 0.3 is 0 Å². The van der Waals surface area contributed by atoms with Gasteiger partial charge in [-0.1, -0.05) is 0 Å². The third-order valence-electron chi connectivity index (χ3n) is 2.06. The number of carbonyl (C=O) groups is 1. The SMILES string of the molecule is CCOCCC(=O)N(C)C(C)CN. The summed E-state index contributed by atoms with van der Waals surface area (Å²) < 4.78 is 5.09. The molecule has 13 heavy (non-hydrogen) atoms. The van der Waals surface area contributed by atoms with Crippen LogP contribution in [0.5, 0.6) is 0 Å². The van der Waals surface area contributed by atoms with Crippen molar-refractivity contribution < 1.29 is 9.53 Å². The van der Waals surface area contributed by atoms with Crippen molar-refractivity contribution in [1.29, 1.82) is 0 Å². The Hall–Kier alpha value is -0.610. The summed E-state index contributed by atoms with van der Waals surface area (Å²) in [6.45, 7) is 5.49. The zero-order valence-electron chi connectivity index (χ0n) is 8.75. The smallest absolute Gasteiger partial charge is 0.224 e. The Balaban J connectivity index is 3.69. The molecule has 0 fully saturated rings. The topological polar surface area (TPSA) is 55.6 Å². The number of amides is 1. The molecule has 0 aromatic carbocycles. The maximum Gasteiger partial charge on any atom is 0.224 e. The summed E-state index contributed by atoms with van der Waals surface area (Å²) in [5.41, 5.74) is 5.44. The zero-order chi connectivity index (χ0) is 10.3. The molecule has 0 radical (unpaired) electrons. The monoisotopic (exact) mass is 188 g/mol. The highest BCUT2D eigenvalue weighted by atomic mass is 16.5. The Morgan fingerprint density at radius 1 is 1.62 bits per heavy atom. The predicted molar refractivity (Wildman–Crippen MR) is 52.4 cm³/mol. The molecule has 4 nitrogen and oxygen atoms in total. The summed E-state index contributed by atoms with van der Waals surface area (Å²) in [5.74, 6) is 0.0893. The van der Waals surface area contributed by atoms with Crippen LogP contribution < -0.4 is 5.73 Å². The summed E-state index contributed by atoms with van der Waals surface area (Å²) in [4.78, 5) is 13.1. The lowest BCUT2D eigenvalue weighted by atomic mass is 10.3. The standard InChI is InChI=1S/C9H20N2O2/c1-4-13-6-5-9(12)11(3)8(2)7-10/h8H,4-7,10H2,1-3H3. The minimum atomic E-state index is 0.0893. The van der Waals surface area contributed by atoms with Crippen LogP contribution in [0.15, 0.2) is 0 Å². The van der Waals surface area contributed by atoms with Gasteiger partial charge in [0.15, 0.2) is 0 Å². The molecular weight excluding hydrogens is 168 g/mol. The molecule has 0 aromatic heterocycles. The Morgan fingerprint density at radius 2 is 2.23 bits per heavy atom. The molecule has 0 rings (SSSR count). The highest BCUT2D eigenvalue weighted by Gasteiger charge is 2.13. The van der Waals surface area contributed by atoms with E-state index >= 15 is 0 Å². The van der Waals surface area contributed by atoms with E-state index in [1.165, 1.54) is 0 Å². The molecule has 0 saturated carbocycles. The number of ether oxygens (including phenoxy) is 1. The van der Waals surface area contributed by atoms with Crippen LogP contribution in [0.25, 0.3) is 0 Å². The highest BCUT2D eigenvalue weighted by Crippen LogP contribution is 1.97. The van der Waals surface area contributed by atoms with Gasteiger partial charge in [0.25, 0.3) is 0 Å². The average molecular weight is 188 g/mol. The van der Waals surface area contributed by atoms with Crippen LogP contribution in [0.4, 0.5) is 0 Å². The summed E-state index contributed by atoms with van der Waals surface area (Å²) in [7, 11) is 1.77. The molecule has 0 aliphatic rings. The normalized spacial score (nSPS) is 12.6. The van der Waals surface area contributed by atoms with Crippen LogP contribution >= 0.6 is 0 Å². The summed E-state index contributed by atoms with van der Waals surface area (Å²) in [6.07, 6.45) is 0.439. The molecule has 4 heteroatoms. The van der Waals surface area contributed by atoms with Crippen molar-refractivity contribution >= 4 is 5.91 Å². The average Bonchev–Trinajstić information content (AvgIpc) is 2.15. The number of nitrogens with zero attached hydrogens (tertiary/aromatic N) is 1. The molecule has 0 saturated heterocycles. The van der Waals surface area contributed by atoms with Gasteiger partial charge in [0.2, 0.25) is 5.91 Å². The first-order chi connectivity index (χ1) is 6.13. The second-order valence-electron chi connectivity index (χ2n) is 3.04. The Labute approximate surface area is 80.0 Å². The first-order valence-corrected chi connectivity index (χ1v) is 4.67. The van der Waals surface area contributed by atoms with E-state index in [0.717, 1.165) is 0 Å². The number of rotatable bonds is 6. The molecule has 0 bridgehead atoms.